The van der Waals surface area contributed by atoms with Gasteiger partial charge < -0.3 is 20.5 Å². The van der Waals surface area contributed by atoms with Crippen LogP contribution >= 0.6 is 37.2 Å². The molecule has 1 aromatic heterocycles. The Morgan fingerprint density at radius 3 is 2.25 bits per heavy atom. The van der Waals surface area contributed by atoms with Crippen LogP contribution < -0.4 is 10.6 Å². The number of aryl methyl sites for hydroxylation is 1. The Labute approximate surface area is 207 Å². The second-order valence-electron chi connectivity index (χ2n) is 6.92. The lowest BCUT2D eigenvalue weighted by Crippen LogP contribution is -2.42. The third-order valence-electron chi connectivity index (χ3n) is 4.80. The van der Waals surface area contributed by atoms with Crippen molar-refractivity contribution >= 4 is 48.9 Å². The Morgan fingerprint density at radius 1 is 0.969 bits per heavy atom. The van der Waals surface area contributed by atoms with Gasteiger partial charge in [0.1, 0.15) is 5.82 Å². The molecule has 0 radical (unpaired) electrons. The first-order valence-electron chi connectivity index (χ1n) is 9.73. The molecule has 6 nitrogen and oxygen atoms in total. The van der Waals surface area contributed by atoms with Crippen LogP contribution in [0.3, 0.4) is 0 Å². The maximum atomic E-state index is 13.4. The van der Waals surface area contributed by atoms with E-state index in [1.54, 1.807) is 18.5 Å². The zero-order valence-electron chi connectivity index (χ0n) is 17.6. The first kappa shape index (κ1) is 29.5. The molecule has 0 amide bonds. The second kappa shape index (κ2) is 15.3. The summed E-state index contributed by atoms with van der Waals surface area (Å²) in [5.74, 6) is -0.192. The molecule has 32 heavy (non-hydrogen) atoms. The number of aromatic amines is 1. The Morgan fingerprint density at radius 2 is 1.66 bits per heavy atom. The zero-order chi connectivity index (χ0) is 20.5. The second-order valence-corrected chi connectivity index (χ2v) is 6.92. The summed E-state index contributed by atoms with van der Waals surface area (Å²) in [7, 11) is 0. The number of halogens is 4. The Bertz CT molecular complexity index is 878. The van der Waals surface area contributed by atoms with Crippen molar-refractivity contribution < 1.29 is 4.39 Å². The van der Waals surface area contributed by atoms with Gasteiger partial charge in [-0.1, -0.05) is 30.3 Å². The number of hydrogen-bond acceptors (Lipinski definition) is 3. The van der Waals surface area contributed by atoms with Crippen LogP contribution in [0.1, 0.15) is 17.7 Å². The number of hydrogen-bond donors (Lipinski definition) is 3. The van der Waals surface area contributed by atoms with E-state index < -0.39 is 0 Å². The lowest BCUT2D eigenvalue weighted by atomic mass is 10.2. The predicted octanol–water partition coefficient (Wildman–Crippen LogP) is 4.65. The minimum absolute atomic E-state index is 0. The van der Waals surface area contributed by atoms with Crippen LogP contribution in [0.4, 0.5) is 10.1 Å². The fourth-order valence-electron chi connectivity index (χ4n) is 3.23. The minimum Gasteiger partial charge on any atom is -0.370 e. The topological polar surface area (TPSA) is 85.0 Å². The summed E-state index contributed by atoms with van der Waals surface area (Å²) in [5.41, 5.74) is 8.93. The number of aromatic nitrogens is 2. The first-order valence-corrected chi connectivity index (χ1v) is 9.73. The highest BCUT2D eigenvalue weighted by Gasteiger charge is 2.12. The summed E-state index contributed by atoms with van der Waals surface area (Å²) in [6.07, 6.45) is 5.25. The molecule has 0 bridgehead atoms. The van der Waals surface area contributed by atoms with Crippen molar-refractivity contribution in [2.75, 3.05) is 24.5 Å². The number of H-pyrrole nitrogens is 1. The van der Waals surface area contributed by atoms with E-state index in [1.165, 1.54) is 17.7 Å². The summed E-state index contributed by atoms with van der Waals surface area (Å²) < 4.78 is 13.4. The quantitative estimate of drug-likeness (QED) is 0.278. The van der Waals surface area contributed by atoms with Crippen LogP contribution in [-0.2, 0) is 13.0 Å². The molecule has 0 aliphatic rings. The lowest BCUT2D eigenvalue weighted by molar-refractivity contribution is 0.405. The van der Waals surface area contributed by atoms with E-state index in [4.69, 9.17) is 11.1 Å². The molecular formula is C22H30Cl3FN6. The van der Waals surface area contributed by atoms with Gasteiger partial charge in [-0.05, 0) is 42.7 Å². The molecule has 0 fully saturated rings. The average Bonchev–Trinajstić information content (AvgIpc) is 3.24. The first-order chi connectivity index (χ1) is 14.1. The minimum atomic E-state index is -0.253. The van der Waals surface area contributed by atoms with Gasteiger partial charge in [0.05, 0.1) is 12.0 Å². The van der Waals surface area contributed by atoms with E-state index in [9.17, 15) is 4.39 Å². The number of nitrogens with zero attached hydrogens (tertiary/aromatic N) is 3. The highest BCUT2D eigenvalue weighted by atomic mass is 35.5. The molecule has 0 spiro atoms. The number of nitrogens with two attached hydrogens (primary N) is 1. The largest absolute Gasteiger partial charge is 0.370 e. The van der Waals surface area contributed by atoms with Crippen molar-refractivity contribution in [3.8, 4) is 0 Å². The third-order valence-corrected chi connectivity index (χ3v) is 4.80. The Balaban J connectivity index is 0.00000320. The van der Waals surface area contributed by atoms with Crippen LogP contribution in [0.25, 0.3) is 0 Å². The van der Waals surface area contributed by atoms with Crippen molar-refractivity contribution in [2.45, 2.75) is 19.4 Å². The molecule has 176 valence electrons. The van der Waals surface area contributed by atoms with E-state index in [1.807, 2.05) is 29.3 Å². The highest BCUT2D eigenvalue weighted by Crippen LogP contribution is 2.18. The van der Waals surface area contributed by atoms with Crippen molar-refractivity contribution in [1.82, 2.24) is 14.9 Å². The van der Waals surface area contributed by atoms with Crippen molar-refractivity contribution in [3.05, 3.63) is 84.2 Å². The number of anilines is 1. The molecule has 3 rings (SSSR count). The molecule has 0 saturated heterocycles. The van der Waals surface area contributed by atoms with Crippen LogP contribution in [0, 0.1) is 11.2 Å². The molecule has 0 aliphatic carbocycles. The van der Waals surface area contributed by atoms with Gasteiger partial charge in [0, 0.05) is 38.1 Å². The molecule has 0 aliphatic heterocycles. The predicted molar refractivity (Wildman–Crippen MR) is 136 cm³/mol. The van der Waals surface area contributed by atoms with Gasteiger partial charge in [-0.15, -0.1) is 37.2 Å². The lowest BCUT2D eigenvalue weighted by Gasteiger charge is -2.29. The van der Waals surface area contributed by atoms with Gasteiger partial charge in [0.15, 0.2) is 5.96 Å². The fourth-order valence-corrected chi connectivity index (χ4v) is 3.23. The molecule has 0 saturated carbocycles. The van der Waals surface area contributed by atoms with Crippen molar-refractivity contribution in [3.63, 3.8) is 0 Å². The van der Waals surface area contributed by atoms with Crippen LogP contribution in [0.15, 0.2) is 67.1 Å². The van der Waals surface area contributed by atoms with Crippen LogP contribution in [0.2, 0.25) is 0 Å². The standard InChI is InChI=1S/C22H27FN6.3ClH/c23-19-8-10-21(11-9-19)29(16-18-5-2-1-3-6-18)14-13-28(22(24)25)12-4-7-20-15-26-17-27-20;;;/h1-3,5-6,8-11,15,17H,4,7,12-14,16H2,(H3,24,25)(H,26,27);3*1H. The smallest absolute Gasteiger partial charge is 0.188 e. The number of nitrogens with one attached hydrogen (secondary N) is 2. The van der Waals surface area contributed by atoms with Gasteiger partial charge in [0.25, 0.3) is 0 Å². The van der Waals surface area contributed by atoms with Crippen LogP contribution in [0.5, 0.6) is 0 Å². The van der Waals surface area contributed by atoms with E-state index in [0.717, 1.165) is 24.2 Å². The monoisotopic (exact) mass is 502 g/mol. The van der Waals surface area contributed by atoms with Gasteiger partial charge in [-0.3, -0.25) is 5.41 Å². The van der Waals surface area contributed by atoms with E-state index in [0.29, 0.717) is 26.2 Å². The van der Waals surface area contributed by atoms with Crippen molar-refractivity contribution in [1.29, 1.82) is 5.41 Å². The van der Waals surface area contributed by atoms with Crippen LogP contribution in [-0.4, -0.2) is 40.5 Å². The molecule has 2 aromatic carbocycles. The highest BCUT2D eigenvalue weighted by molar-refractivity contribution is 5.86. The number of rotatable bonds is 10. The normalized spacial score (nSPS) is 9.66. The molecule has 0 unspecified atom stereocenters. The Kier molecular flexibility index (Phi) is 14.2. The van der Waals surface area contributed by atoms with Crippen molar-refractivity contribution in [2.24, 2.45) is 5.73 Å². The summed E-state index contributed by atoms with van der Waals surface area (Å²) in [6.45, 7) is 2.67. The SMILES string of the molecule is Cl.Cl.Cl.N=C(N)N(CCCc1c[nH]cn1)CCN(Cc1ccccc1)c1ccc(F)cc1. The summed E-state index contributed by atoms with van der Waals surface area (Å²) in [5, 5.41) is 7.92. The molecule has 4 N–H and O–H groups in total. The molecule has 10 heteroatoms. The molecular weight excluding hydrogens is 474 g/mol. The van der Waals surface area contributed by atoms with E-state index in [-0.39, 0.29) is 49.0 Å². The zero-order valence-corrected chi connectivity index (χ0v) is 20.1. The number of benzene rings is 2. The maximum absolute atomic E-state index is 13.4. The van der Waals surface area contributed by atoms with E-state index in [2.05, 4.69) is 27.0 Å². The summed E-state index contributed by atoms with van der Waals surface area (Å²) in [6, 6.07) is 16.7. The van der Waals surface area contributed by atoms with E-state index >= 15 is 0 Å². The number of guanidine groups is 1. The van der Waals surface area contributed by atoms with Gasteiger partial charge >= 0.3 is 0 Å². The third kappa shape index (κ3) is 9.34. The van der Waals surface area contributed by atoms with Gasteiger partial charge in [0.2, 0.25) is 0 Å². The molecule has 0 atom stereocenters. The molecule has 3 aromatic rings. The van der Waals surface area contributed by atoms with Gasteiger partial charge in [-0.2, -0.15) is 0 Å². The summed E-state index contributed by atoms with van der Waals surface area (Å²) >= 11 is 0. The summed E-state index contributed by atoms with van der Waals surface area (Å²) in [4.78, 5) is 11.2. The average molecular weight is 504 g/mol. The van der Waals surface area contributed by atoms with Gasteiger partial charge in [-0.25, -0.2) is 9.37 Å². The molecule has 1 heterocycles. The maximum Gasteiger partial charge on any atom is 0.188 e. The fraction of sp³-hybridized carbons (Fsp3) is 0.273. The number of imidazole rings is 1. The Hall–Kier alpha value is -2.48.